The molecular formula is C41H31N3. The average molecular weight is 566 g/mol. The van der Waals surface area contributed by atoms with Crippen LogP contribution in [0.15, 0.2) is 152 Å². The highest BCUT2D eigenvalue weighted by atomic mass is 15.3. The predicted octanol–water partition coefficient (Wildman–Crippen LogP) is 11.4. The molecule has 0 fully saturated rings. The van der Waals surface area contributed by atoms with E-state index >= 15 is 0 Å². The summed E-state index contributed by atoms with van der Waals surface area (Å²) in [5.41, 5.74) is 14.9. The second kappa shape index (κ2) is 10.6. The lowest BCUT2D eigenvalue weighted by molar-refractivity contribution is 1.14. The topological polar surface area (TPSA) is 19.4 Å². The summed E-state index contributed by atoms with van der Waals surface area (Å²) in [4.78, 5) is 9.92. The second-order valence-corrected chi connectivity index (χ2v) is 11.4. The SMILES string of the molecule is Cc1cccc2c1N(c1ccc(-c3cc(-c4ccccc4)c4ccccc4n3)cc1)c1c(C)cccc1N2c1ccccc1. The highest BCUT2D eigenvalue weighted by molar-refractivity contribution is 6.03. The summed E-state index contributed by atoms with van der Waals surface area (Å²) in [5, 5.41) is 1.16. The van der Waals surface area contributed by atoms with E-state index in [1.807, 2.05) is 0 Å². The summed E-state index contributed by atoms with van der Waals surface area (Å²) in [6.07, 6.45) is 0. The third-order valence-corrected chi connectivity index (χ3v) is 8.60. The van der Waals surface area contributed by atoms with Crippen LogP contribution in [0.5, 0.6) is 0 Å². The summed E-state index contributed by atoms with van der Waals surface area (Å²) in [7, 11) is 0. The van der Waals surface area contributed by atoms with E-state index in [4.69, 9.17) is 4.98 Å². The van der Waals surface area contributed by atoms with E-state index in [1.54, 1.807) is 0 Å². The molecule has 1 aliphatic rings. The number of para-hydroxylation sites is 4. The van der Waals surface area contributed by atoms with Gasteiger partial charge in [-0.3, -0.25) is 0 Å². The number of pyridine rings is 1. The van der Waals surface area contributed by atoms with Crippen LogP contribution in [0.2, 0.25) is 0 Å². The van der Waals surface area contributed by atoms with Crippen molar-refractivity contribution < 1.29 is 0 Å². The smallest absolute Gasteiger partial charge is 0.0732 e. The van der Waals surface area contributed by atoms with Gasteiger partial charge in [0, 0.05) is 22.3 Å². The van der Waals surface area contributed by atoms with Gasteiger partial charge in [-0.25, -0.2) is 4.98 Å². The molecule has 3 nitrogen and oxygen atoms in total. The van der Waals surface area contributed by atoms with Gasteiger partial charge in [-0.05, 0) is 84.6 Å². The summed E-state index contributed by atoms with van der Waals surface area (Å²) >= 11 is 0. The van der Waals surface area contributed by atoms with Gasteiger partial charge in [0.25, 0.3) is 0 Å². The molecule has 1 aliphatic heterocycles. The number of fused-ring (bicyclic) bond motifs is 3. The van der Waals surface area contributed by atoms with E-state index in [9.17, 15) is 0 Å². The van der Waals surface area contributed by atoms with Crippen LogP contribution in [-0.4, -0.2) is 4.98 Å². The van der Waals surface area contributed by atoms with Gasteiger partial charge < -0.3 is 9.80 Å². The largest absolute Gasteiger partial charge is 0.306 e. The van der Waals surface area contributed by atoms with Crippen LogP contribution in [0.3, 0.4) is 0 Å². The number of rotatable bonds is 4. The Bertz CT molecular complexity index is 2080. The minimum atomic E-state index is 0.969. The number of aryl methyl sites for hydroxylation is 2. The van der Waals surface area contributed by atoms with Crippen molar-refractivity contribution in [1.29, 1.82) is 0 Å². The highest BCUT2D eigenvalue weighted by Crippen LogP contribution is 2.56. The van der Waals surface area contributed by atoms with Crippen LogP contribution < -0.4 is 9.80 Å². The highest BCUT2D eigenvalue weighted by Gasteiger charge is 2.32. The minimum Gasteiger partial charge on any atom is -0.306 e. The number of aromatic nitrogens is 1. The molecule has 0 spiro atoms. The number of anilines is 6. The van der Waals surface area contributed by atoms with Crippen LogP contribution in [0.25, 0.3) is 33.3 Å². The lowest BCUT2D eigenvalue weighted by Crippen LogP contribution is -2.25. The minimum absolute atomic E-state index is 0.969. The third-order valence-electron chi connectivity index (χ3n) is 8.60. The van der Waals surface area contributed by atoms with Crippen LogP contribution in [0.1, 0.15) is 11.1 Å². The molecule has 0 saturated heterocycles. The van der Waals surface area contributed by atoms with Crippen molar-refractivity contribution in [1.82, 2.24) is 4.98 Å². The lowest BCUT2D eigenvalue weighted by atomic mass is 9.97. The number of hydrogen-bond acceptors (Lipinski definition) is 3. The fourth-order valence-electron chi connectivity index (χ4n) is 6.55. The first-order valence-electron chi connectivity index (χ1n) is 15.1. The number of nitrogens with zero attached hydrogens (tertiary/aromatic N) is 3. The zero-order chi connectivity index (χ0) is 29.6. The van der Waals surface area contributed by atoms with Gasteiger partial charge in [0.2, 0.25) is 0 Å². The van der Waals surface area contributed by atoms with E-state index in [1.165, 1.54) is 45.0 Å². The van der Waals surface area contributed by atoms with E-state index in [0.29, 0.717) is 0 Å². The van der Waals surface area contributed by atoms with Crippen LogP contribution in [0.4, 0.5) is 34.1 Å². The second-order valence-electron chi connectivity index (χ2n) is 11.4. The van der Waals surface area contributed by atoms with Crippen LogP contribution in [-0.2, 0) is 0 Å². The Morgan fingerprint density at radius 2 is 1.02 bits per heavy atom. The maximum atomic E-state index is 5.10. The molecule has 2 heterocycles. The Labute approximate surface area is 258 Å². The first kappa shape index (κ1) is 26.0. The van der Waals surface area contributed by atoms with Crippen molar-refractivity contribution in [3.8, 4) is 22.4 Å². The Morgan fingerprint density at radius 1 is 0.455 bits per heavy atom. The monoisotopic (exact) mass is 565 g/mol. The molecule has 0 N–H and O–H groups in total. The van der Waals surface area contributed by atoms with Gasteiger partial charge >= 0.3 is 0 Å². The van der Waals surface area contributed by atoms with Gasteiger partial charge in [-0.1, -0.05) is 103 Å². The summed E-state index contributed by atoms with van der Waals surface area (Å²) in [5.74, 6) is 0. The Morgan fingerprint density at radius 3 is 1.68 bits per heavy atom. The summed E-state index contributed by atoms with van der Waals surface area (Å²) in [6.45, 7) is 4.41. The summed E-state index contributed by atoms with van der Waals surface area (Å²) < 4.78 is 0. The molecular weight excluding hydrogens is 534 g/mol. The Hall–Kier alpha value is -5.67. The first-order chi connectivity index (χ1) is 21.7. The maximum Gasteiger partial charge on any atom is 0.0732 e. The zero-order valence-electron chi connectivity index (χ0n) is 24.8. The van der Waals surface area contributed by atoms with Gasteiger partial charge in [0.05, 0.1) is 34.0 Å². The molecule has 3 heteroatoms. The van der Waals surface area contributed by atoms with Crippen molar-refractivity contribution in [2.75, 3.05) is 9.80 Å². The molecule has 210 valence electrons. The third kappa shape index (κ3) is 4.25. The van der Waals surface area contributed by atoms with Crippen molar-refractivity contribution in [3.05, 3.63) is 163 Å². The van der Waals surface area contributed by atoms with Gasteiger partial charge in [-0.2, -0.15) is 0 Å². The molecule has 0 unspecified atom stereocenters. The lowest BCUT2D eigenvalue weighted by Gasteiger charge is -2.42. The number of benzene rings is 6. The van der Waals surface area contributed by atoms with Gasteiger partial charge in [0.15, 0.2) is 0 Å². The van der Waals surface area contributed by atoms with Crippen molar-refractivity contribution in [2.45, 2.75) is 13.8 Å². The molecule has 44 heavy (non-hydrogen) atoms. The summed E-state index contributed by atoms with van der Waals surface area (Å²) in [6, 6.07) is 53.9. The normalized spacial score (nSPS) is 12.2. The molecule has 0 aliphatic carbocycles. The van der Waals surface area contributed by atoms with E-state index in [0.717, 1.165) is 33.5 Å². The molecule has 0 bridgehead atoms. The molecule has 8 rings (SSSR count). The fraction of sp³-hybridized carbons (Fsp3) is 0.0488. The molecule has 0 amide bonds. The maximum absolute atomic E-state index is 5.10. The number of hydrogen-bond donors (Lipinski definition) is 0. The van der Waals surface area contributed by atoms with Crippen molar-refractivity contribution in [2.24, 2.45) is 0 Å². The molecule has 0 atom stereocenters. The van der Waals surface area contributed by atoms with Crippen molar-refractivity contribution in [3.63, 3.8) is 0 Å². The first-order valence-corrected chi connectivity index (χ1v) is 15.1. The molecule has 6 aromatic carbocycles. The Balaban J connectivity index is 1.28. The molecule has 7 aromatic rings. The van der Waals surface area contributed by atoms with E-state index in [-0.39, 0.29) is 0 Å². The van der Waals surface area contributed by atoms with Crippen molar-refractivity contribution >= 4 is 45.0 Å². The van der Waals surface area contributed by atoms with Crippen LogP contribution in [0, 0.1) is 13.8 Å². The average Bonchev–Trinajstić information content (AvgIpc) is 3.08. The van der Waals surface area contributed by atoms with E-state index in [2.05, 4.69) is 175 Å². The van der Waals surface area contributed by atoms with Crippen LogP contribution >= 0.6 is 0 Å². The molecule has 1 aromatic heterocycles. The van der Waals surface area contributed by atoms with Gasteiger partial charge in [0.1, 0.15) is 0 Å². The molecule has 0 radical (unpaired) electrons. The standard InChI is InChI=1S/C41H31N3/c1-28-13-11-21-38-40(28)44(41-29(2)14-12-22-39(41)43(38)32-17-7-4-8-18-32)33-25-23-31(24-26-33)37-27-35(30-15-5-3-6-16-30)34-19-9-10-20-36(34)42-37/h3-27H,1-2H3. The van der Waals surface area contributed by atoms with E-state index < -0.39 is 0 Å². The molecule has 0 saturated carbocycles. The fourth-order valence-corrected chi connectivity index (χ4v) is 6.55. The van der Waals surface area contributed by atoms with Gasteiger partial charge in [-0.15, -0.1) is 0 Å². The Kier molecular flexibility index (Phi) is 6.23. The zero-order valence-corrected chi connectivity index (χ0v) is 24.8. The quantitative estimate of drug-likeness (QED) is 0.212. The predicted molar refractivity (Wildman–Crippen MR) is 185 cm³/mol.